The van der Waals surface area contributed by atoms with Gasteiger partial charge in [-0.1, -0.05) is 32.9 Å². The number of alkyl halides is 3. The summed E-state index contributed by atoms with van der Waals surface area (Å²) >= 11 is 1.52. The quantitative estimate of drug-likeness (QED) is 0.891. The van der Waals surface area contributed by atoms with Gasteiger partial charge in [0.15, 0.2) is 0 Å². The lowest BCUT2D eigenvalue weighted by molar-refractivity contribution is -0.137. The molecule has 0 spiro atoms. The smallest absolute Gasteiger partial charge is 0.388 e. The van der Waals surface area contributed by atoms with Crippen LogP contribution in [0.3, 0.4) is 0 Å². The lowest BCUT2D eigenvalue weighted by atomic mass is 10.1. The number of aliphatic hydroxyl groups is 1. The zero-order valence-corrected chi connectivity index (χ0v) is 11.4. The summed E-state index contributed by atoms with van der Waals surface area (Å²) in [4.78, 5) is 0. The number of hydrogen-bond acceptors (Lipinski definition) is 2. The van der Waals surface area contributed by atoms with Gasteiger partial charge in [-0.25, -0.2) is 0 Å². The van der Waals surface area contributed by atoms with Gasteiger partial charge in [0.05, 0.1) is 11.7 Å². The van der Waals surface area contributed by atoms with Crippen LogP contribution in [0.4, 0.5) is 13.2 Å². The van der Waals surface area contributed by atoms with E-state index in [9.17, 15) is 18.3 Å². The maximum absolute atomic E-state index is 12.5. The van der Waals surface area contributed by atoms with Gasteiger partial charge in [0.2, 0.25) is 0 Å². The number of benzene rings is 1. The topological polar surface area (TPSA) is 20.2 Å². The summed E-state index contributed by atoms with van der Waals surface area (Å²) in [5.41, 5.74) is -0.415. The molecule has 1 aromatic carbocycles. The Morgan fingerprint density at radius 2 is 1.83 bits per heavy atom. The Morgan fingerprint density at radius 3 is 2.33 bits per heavy atom. The van der Waals surface area contributed by atoms with Crippen molar-refractivity contribution in [2.45, 2.75) is 37.8 Å². The molecule has 0 bridgehead atoms. The largest absolute Gasteiger partial charge is 0.416 e. The highest BCUT2D eigenvalue weighted by Crippen LogP contribution is 2.32. The van der Waals surface area contributed by atoms with Crippen molar-refractivity contribution in [3.63, 3.8) is 0 Å². The first-order valence-electron chi connectivity index (χ1n) is 5.59. The molecule has 0 aliphatic carbocycles. The lowest BCUT2D eigenvalue weighted by Gasteiger charge is -2.20. The second-order valence-corrected chi connectivity index (χ2v) is 6.91. The van der Waals surface area contributed by atoms with E-state index in [0.29, 0.717) is 11.3 Å². The Balaban J connectivity index is 2.78. The molecular weight excluding hydrogens is 261 g/mol. The lowest BCUT2D eigenvalue weighted by Crippen LogP contribution is -2.13. The van der Waals surface area contributed by atoms with E-state index < -0.39 is 17.8 Å². The molecule has 1 atom stereocenters. The van der Waals surface area contributed by atoms with E-state index in [1.165, 1.54) is 23.9 Å². The van der Waals surface area contributed by atoms with Crippen LogP contribution in [-0.2, 0) is 6.18 Å². The fraction of sp³-hybridized carbons (Fsp3) is 0.538. The van der Waals surface area contributed by atoms with Gasteiger partial charge in [0, 0.05) is 10.5 Å². The van der Waals surface area contributed by atoms with Crippen LogP contribution in [-0.4, -0.2) is 15.6 Å². The van der Waals surface area contributed by atoms with Gasteiger partial charge in [-0.2, -0.15) is 24.9 Å². The summed E-state index contributed by atoms with van der Waals surface area (Å²) in [6, 6.07) is 4.85. The van der Waals surface area contributed by atoms with Crippen LogP contribution in [0.15, 0.2) is 24.3 Å². The molecule has 0 aliphatic heterocycles. The Hall–Kier alpha value is -0.680. The maximum atomic E-state index is 12.5. The number of rotatable bonds is 3. The Bertz CT molecular complexity index is 396. The van der Waals surface area contributed by atoms with Gasteiger partial charge in [-0.3, -0.25) is 0 Å². The van der Waals surface area contributed by atoms with E-state index in [1.807, 2.05) is 20.8 Å². The molecule has 0 heterocycles. The highest BCUT2D eigenvalue weighted by molar-refractivity contribution is 8.00. The van der Waals surface area contributed by atoms with Crippen molar-refractivity contribution in [1.29, 1.82) is 0 Å². The van der Waals surface area contributed by atoms with Gasteiger partial charge >= 0.3 is 6.18 Å². The first-order chi connectivity index (χ1) is 8.09. The number of hydrogen-bond donors (Lipinski definition) is 1. The van der Waals surface area contributed by atoms with Crippen LogP contribution in [0.1, 0.15) is 38.0 Å². The molecule has 0 aromatic heterocycles. The summed E-state index contributed by atoms with van der Waals surface area (Å²) in [5, 5.41) is 9.89. The molecule has 0 radical (unpaired) electrons. The molecule has 0 fully saturated rings. The molecule has 0 amide bonds. The molecule has 1 unspecified atom stereocenters. The first kappa shape index (κ1) is 15.4. The second kappa shape index (κ2) is 5.53. The molecule has 102 valence electrons. The fourth-order valence-electron chi connectivity index (χ4n) is 1.35. The number of halogens is 3. The standard InChI is InChI=1S/C13H17F3OS/c1-12(2,3)18-8-11(17)9-5-4-6-10(7-9)13(14,15)16/h4-7,11,17H,8H2,1-3H3. The Labute approximate surface area is 109 Å². The third-order valence-electron chi connectivity index (χ3n) is 2.27. The van der Waals surface area contributed by atoms with Crippen LogP contribution >= 0.6 is 11.8 Å². The highest BCUT2D eigenvalue weighted by Gasteiger charge is 2.30. The van der Waals surface area contributed by atoms with E-state index in [-0.39, 0.29) is 4.75 Å². The average molecular weight is 278 g/mol. The third-order valence-corrected chi connectivity index (χ3v) is 3.62. The van der Waals surface area contributed by atoms with Crippen LogP contribution < -0.4 is 0 Å². The second-order valence-electron chi connectivity index (χ2n) is 5.06. The van der Waals surface area contributed by atoms with E-state index in [4.69, 9.17) is 0 Å². The van der Waals surface area contributed by atoms with Gasteiger partial charge in [-0.05, 0) is 17.7 Å². The zero-order chi connectivity index (χ0) is 14.0. The van der Waals surface area contributed by atoms with Crippen molar-refractivity contribution < 1.29 is 18.3 Å². The normalized spacial score (nSPS) is 14.6. The third kappa shape index (κ3) is 4.90. The van der Waals surface area contributed by atoms with Crippen molar-refractivity contribution in [1.82, 2.24) is 0 Å². The number of thioether (sulfide) groups is 1. The molecule has 0 aliphatic rings. The number of aliphatic hydroxyl groups excluding tert-OH is 1. The van der Waals surface area contributed by atoms with Crippen LogP contribution in [0, 0.1) is 0 Å². The van der Waals surface area contributed by atoms with Crippen LogP contribution in [0.5, 0.6) is 0 Å². The minimum Gasteiger partial charge on any atom is -0.388 e. The van der Waals surface area contributed by atoms with Gasteiger partial charge in [0.1, 0.15) is 0 Å². The fourth-order valence-corrected chi connectivity index (χ4v) is 2.20. The van der Waals surface area contributed by atoms with Crippen molar-refractivity contribution in [3.05, 3.63) is 35.4 Å². The molecule has 18 heavy (non-hydrogen) atoms. The summed E-state index contributed by atoms with van der Waals surface area (Å²) < 4.78 is 37.5. The van der Waals surface area contributed by atoms with E-state index in [2.05, 4.69) is 0 Å². The SMILES string of the molecule is CC(C)(C)SCC(O)c1cccc(C(F)(F)F)c1. The van der Waals surface area contributed by atoms with Crippen molar-refractivity contribution >= 4 is 11.8 Å². The Kier molecular flexibility index (Phi) is 4.72. The highest BCUT2D eigenvalue weighted by atomic mass is 32.2. The first-order valence-corrected chi connectivity index (χ1v) is 6.57. The van der Waals surface area contributed by atoms with Crippen molar-refractivity contribution in [2.75, 3.05) is 5.75 Å². The monoisotopic (exact) mass is 278 g/mol. The molecule has 0 saturated carbocycles. The van der Waals surface area contributed by atoms with Crippen LogP contribution in [0.25, 0.3) is 0 Å². The predicted octanol–water partition coefficient (Wildman–Crippen LogP) is 4.27. The average Bonchev–Trinajstić information content (AvgIpc) is 2.24. The predicted molar refractivity (Wildman–Crippen MR) is 68.6 cm³/mol. The summed E-state index contributed by atoms with van der Waals surface area (Å²) in [6.45, 7) is 5.99. The van der Waals surface area contributed by atoms with E-state index in [1.54, 1.807) is 0 Å². The summed E-state index contributed by atoms with van der Waals surface area (Å²) in [7, 11) is 0. The van der Waals surface area contributed by atoms with E-state index in [0.717, 1.165) is 12.1 Å². The van der Waals surface area contributed by atoms with E-state index >= 15 is 0 Å². The molecule has 0 saturated heterocycles. The summed E-state index contributed by atoms with van der Waals surface area (Å²) in [6.07, 6.45) is -5.25. The molecular formula is C13H17F3OS. The minimum absolute atomic E-state index is 0.0252. The maximum Gasteiger partial charge on any atom is 0.416 e. The molecule has 1 aromatic rings. The van der Waals surface area contributed by atoms with Crippen molar-refractivity contribution in [3.8, 4) is 0 Å². The molecule has 5 heteroatoms. The summed E-state index contributed by atoms with van der Waals surface area (Å²) in [5.74, 6) is 0.380. The zero-order valence-electron chi connectivity index (χ0n) is 10.6. The van der Waals surface area contributed by atoms with Gasteiger partial charge in [0.25, 0.3) is 0 Å². The van der Waals surface area contributed by atoms with Crippen LogP contribution in [0.2, 0.25) is 0 Å². The minimum atomic E-state index is -4.37. The molecule has 1 rings (SSSR count). The molecule has 1 nitrogen and oxygen atoms in total. The Morgan fingerprint density at radius 1 is 1.22 bits per heavy atom. The van der Waals surface area contributed by atoms with Gasteiger partial charge < -0.3 is 5.11 Å². The van der Waals surface area contributed by atoms with Gasteiger partial charge in [-0.15, -0.1) is 0 Å². The van der Waals surface area contributed by atoms with Crippen molar-refractivity contribution in [2.24, 2.45) is 0 Å². The molecule has 1 N–H and O–H groups in total.